The summed E-state index contributed by atoms with van der Waals surface area (Å²) in [5.74, 6) is 1.27. The van der Waals surface area contributed by atoms with E-state index < -0.39 is 0 Å². The Morgan fingerprint density at radius 1 is 1.32 bits per heavy atom. The van der Waals surface area contributed by atoms with E-state index in [9.17, 15) is 0 Å². The van der Waals surface area contributed by atoms with Crippen LogP contribution in [0.15, 0.2) is 24.3 Å². The van der Waals surface area contributed by atoms with Crippen LogP contribution in [-0.4, -0.2) is 41.1 Å². The third-order valence-electron chi connectivity index (χ3n) is 4.15. The number of nitrogens with zero attached hydrogens (tertiary/aromatic N) is 1. The number of hydrogen-bond donors (Lipinski definition) is 1. The van der Waals surface area contributed by atoms with Gasteiger partial charge in [-0.3, -0.25) is 4.90 Å². The minimum absolute atomic E-state index is 0.421. The first-order valence-electron chi connectivity index (χ1n) is 7.29. The molecule has 1 saturated heterocycles. The van der Waals surface area contributed by atoms with Crippen molar-refractivity contribution < 1.29 is 0 Å². The Labute approximate surface area is 121 Å². The zero-order valence-electron chi connectivity index (χ0n) is 12.0. The molecule has 2 aliphatic heterocycles. The molecule has 0 amide bonds. The monoisotopic (exact) mass is 276 g/mol. The first-order valence-corrected chi connectivity index (χ1v) is 8.27. The van der Waals surface area contributed by atoms with E-state index in [-0.39, 0.29) is 0 Å². The highest BCUT2D eigenvalue weighted by atomic mass is 32.2. The van der Waals surface area contributed by atoms with Crippen LogP contribution in [0.1, 0.15) is 25.0 Å². The molecule has 0 radical (unpaired) electrons. The first-order chi connectivity index (χ1) is 9.12. The molecule has 19 heavy (non-hydrogen) atoms. The molecule has 1 atom stereocenters. The highest BCUT2D eigenvalue weighted by Gasteiger charge is 2.29. The third kappa shape index (κ3) is 3.33. The normalized spacial score (nSPS) is 26.9. The topological polar surface area (TPSA) is 15.3 Å². The maximum absolute atomic E-state index is 3.70. The minimum atomic E-state index is 0.421. The summed E-state index contributed by atoms with van der Waals surface area (Å²) < 4.78 is 0.421. The van der Waals surface area contributed by atoms with Crippen molar-refractivity contribution in [1.29, 1.82) is 0 Å². The zero-order valence-corrected chi connectivity index (χ0v) is 12.8. The van der Waals surface area contributed by atoms with Crippen LogP contribution in [0.2, 0.25) is 0 Å². The van der Waals surface area contributed by atoms with Crippen molar-refractivity contribution in [2.75, 3.05) is 25.4 Å². The van der Waals surface area contributed by atoms with Gasteiger partial charge in [0.2, 0.25) is 0 Å². The van der Waals surface area contributed by atoms with E-state index in [1.165, 1.54) is 42.9 Å². The van der Waals surface area contributed by atoms with Gasteiger partial charge in [0.25, 0.3) is 0 Å². The lowest BCUT2D eigenvalue weighted by atomic mass is 9.95. The summed E-state index contributed by atoms with van der Waals surface area (Å²) in [6.45, 7) is 9.43. The summed E-state index contributed by atoms with van der Waals surface area (Å²) in [6.07, 6.45) is 1.18. The van der Waals surface area contributed by atoms with Crippen LogP contribution < -0.4 is 5.32 Å². The van der Waals surface area contributed by atoms with Gasteiger partial charge in [0, 0.05) is 42.7 Å². The molecule has 2 heterocycles. The van der Waals surface area contributed by atoms with Gasteiger partial charge >= 0.3 is 0 Å². The molecule has 0 aliphatic carbocycles. The van der Waals surface area contributed by atoms with Crippen molar-refractivity contribution in [3.63, 3.8) is 0 Å². The number of hydrogen-bond acceptors (Lipinski definition) is 3. The van der Waals surface area contributed by atoms with Gasteiger partial charge in [-0.25, -0.2) is 0 Å². The molecule has 0 spiro atoms. The largest absolute Gasteiger partial charge is 0.308 e. The molecule has 3 heteroatoms. The summed E-state index contributed by atoms with van der Waals surface area (Å²) in [5, 5.41) is 3.70. The molecule has 0 bridgehead atoms. The molecule has 2 nitrogen and oxygen atoms in total. The van der Waals surface area contributed by atoms with E-state index >= 15 is 0 Å². The van der Waals surface area contributed by atoms with Crippen LogP contribution in [0.25, 0.3) is 0 Å². The summed E-state index contributed by atoms with van der Waals surface area (Å²) >= 11 is 2.11. The number of thioether (sulfide) groups is 1. The number of fused-ring (bicyclic) bond motifs is 1. The minimum Gasteiger partial charge on any atom is -0.308 e. The van der Waals surface area contributed by atoms with Gasteiger partial charge in [-0.2, -0.15) is 11.8 Å². The second kappa shape index (κ2) is 5.47. The van der Waals surface area contributed by atoms with Crippen molar-refractivity contribution in [2.24, 2.45) is 0 Å². The van der Waals surface area contributed by atoms with Gasteiger partial charge in [-0.15, -0.1) is 0 Å². The van der Waals surface area contributed by atoms with Crippen LogP contribution in [0.4, 0.5) is 0 Å². The maximum Gasteiger partial charge on any atom is 0.0238 e. The number of benzene rings is 1. The lowest BCUT2D eigenvalue weighted by Crippen LogP contribution is -2.50. The van der Waals surface area contributed by atoms with Gasteiger partial charge in [-0.1, -0.05) is 24.3 Å². The molecule has 1 unspecified atom stereocenters. The van der Waals surface area contributed by atoms with Crippen LogP contribution in [0.3, 0.4) is 0 Å². The zero-order chi connectivity index (χ0) is 13.3. The average Bonchev–Trinajstić information content (AvgIpc) is 2.37. The molecule has 0 saturated carbocycles. The Hall–Kier alpha value is -0.510. The van der Waals surface area contributed by atoms with Crippen molar-refractivity contribution in [1.82, 2.24) is 10.2 Å². The van der Waals surface area contributed by atoms with E-state index in [1.807, 2.05) is 0 Å². The molecular formula is C16H24N2S. The fraction of sp³-hybridized carbons (Fsp3) is 0.625. The highest BCUT2D eigenvalue weighted by molar-refractivity contribution is 8.00. The fourth-order valence-electron chi connectivity index (χ4n) is 3.23. The van der Waals surface area contributed by atoms with Gasteiger partial charge in [-0.05, 0) is 31.4 Å². The predicted octanol–water partition coefficient (Wildman–Crippen LogP) is 2.53. The predicted molar refractivity (Wildman–Crippen MR) is 83.8 cm³/mol. The van der Waals surface area contributed by atoms with Gasteiger partial charge in [0.05, 0.1) is 0 Å². The Kier molecular flexibility index (Phi) is 3.88. The Morgan fingerprint density at radius 2 is 2.11 bits per heavy atom. The molecular weight excluding hydrogens is 252 g/mol. The van der Waals surface area contributed by atoms with Gasteiger partial charge < -0.3 is 5.32 Å². The molecule has 104 valence electrons. The Bertz CT molecular complexity index is 444. The summed E-state index contributed by atoms with van der Waals surface area (Å²) in [4.78, 5) is 2.64. The fourth-order valence-corrected chi connectivity index (χ4v) is 4.41. The Balaban J connectivity index is 1.60. The lowest BCUT2D eigenvalue weighted by Gasteiger charge is -2.40. The third-order valence-corrected chi connectivity index (χ3v) is 5.45. The van der Waals surface area contributed by atoms with E-state index in [2.05, 4.69) is 60.1 Å². The van der Waals surface area contributed by atoms with Crippen molar-refractivity contribution in [3.8, 4) is 0 Å². The summed E-state index contributed by atoms with van der Waals surface area (Å²) in [6, 6.07) is 9.47. The van der Waals surface area contributed by atoms with Crippen molar-refractivity contribution in [2.45, 2.75) is 37.6 Å². The lowest BCUT2D eigenvalue weighted by molar-refractivity contribution is 0.226. The molecule has 1 aromatic rings. The van der Waals surface area contributed by atoms with E-state index in [4.69, 9.17) is 0 Å². The molecule has 2 aliphatic rings. The first kappa shape index (κ1) is 13.5. The smallest absolute Gasteiger partial charge is 0.0238 e. The standard InChI is InChI=1S/C16H24N2S/c1-16(2)12-18(7-8-19-16)11-15-9-13-5-3-4-6-14(13)10-17-15/h3-6,15,17H,7-12H2,1-2H3. The van der Waals surface area contributed by atoms with Crippen LogP contribution in [0, 0.1) is 0 Å². The van der Waals surface area contributed by atoms with Gasteiger partial charge in [0.15, 0.2) is 0 Å². The second-order valence-corrected chi connectivity index (χ2v) is 8.20. The SMILES string of the molecule is CC1(C)CN(CC2Cc3ccccc3CN2)CCS1. The molecule has 1 aromatic carbocycles. The molecule has 1 fully saturated rings. The van der Waals surface area contributed by atoms with Crippen LogP contribution in [-0.2, 0) is 13.0 Å². The number of nitrogens with one attached hydrogen (secondary N) is 1. The highest BCUT2D eigenvalue weighted by Crippen LogP contribution is 2.29. The van der Waals surface area contributed by atoms with E-state index in [1.54, 1.807) is 0 Å². The second-order valence-electron chi connectivity index (χ2n) is 6.39. The van der Waals surface area contributed by atoms with Crippen LogP contribution >= 0.6 is 11.8 Å². The molecule has 3 rings (SSSR count). The molecule has 1 N–H and O–H groups in total. The summed E-state index contributed by atoms with van der Waals surface area (Å²) in [7, 11) is 0. The average molecular weight is 276 g/mol. The number of rotatable bonds is 2. The molecule has 0 aromatic heterocycles. The van der Waals surface area contributed by atoms with E-state index in [0.29, 0.717) is 10.8 Å². The van der Waals surface area contributed by atoms with E-state index in [0.717, 1.165) is 6.54 Å². The van der Waals surface area contributed by atoms with Crippen molar-refractivity contribution >= 4 is 11.8 Å². The quantitative estimate of drug-likeness (QED) is 0.893. The van der Waals surface area contributed by atoms with Crippen LogP contribution in [0.5, 0.6) is 0 Å². The summed E-state index contributed by atoms with van der Waals surface area (Å²) in [5.41, 5.74) is 3.02. The van der Waals surface area contributed by atoms with Crippen molar-refractivity contribution in [3.05, 3.63) is 35.4 Å². The maximum atomic E-state index is 3.70. The van der Waals surface area contributed by atoms with Gasteiger partial charge in [0.1, 0.15) is 0 Å². The Morgan fingerprint density at radius 3 is 2.89 bits per heavy atom.